The number of alkyl halides is 1. The monoisotopic (exact) mass is 698 g/mol. The topological polar surface area (TPSA) is 152 Å². The van der Waals surface area contributed by atoms with Gasteiger partial charge < -0.3 is 20.3 Å². The first-order valence-electron chi connectivity index (χ1n) is 15.2. The molecule has 2 aromatic heterocycles. The van der Waals surface area contributed by atoms with E-state index in [1.54, 1.807) is 36.7 Å². The highest BCUT2D eigenvalue weighted by Crippen LogP contribution is 2.58. The van der Waals surface area contributed by atoms with E-state index >= 15 is 0 Å². The van der Waals surface area contributed by atoms with E-state index in [0.717, 1.165) is 35.6 Å². The first-order valence-corrected chi connectivity index (χ1v) is 18.4. The highest BCUT2D eigenvalue weighted by molar-refractivity contribution is 8.00. The van der Waals surface area contributed by atoms with Gasteiger partial charge in [-0.05, 0) is 44.0 Å². The maximum atomic E-state index is 14.5. The third-order valence-corrected chi connectivity index (χ3v) is 13.4. The molecule has 246 valence electrons. The van der Waals surface area contributed by atoms with Gasteiger partial charge in [0.2, 0.25) is 0 Å². The van der Waals surface area contributed by atoms with E-state index in [1.165, 1.54) is 29.5 Å². The SMILES string of the molecule is CC(c1cccc(S(=O)(=O)F)c1)N(C)c1nc(OC[C@@]23CCCN2C[C@H](F)C3)nc(N2CC3(C2)SCc2sc(N)c(C#N)c23)c1C#N. The minimum Gasteiger partial charge on any atom is -0.461 e. The third kappa shape index (κ3) is 5.26. The Bertz CT molecular complexity index is 1960. The summed E-state index contributed by atoms with van der Waals surface area (Å²) >= 11 is 3.19. The van der Waals surface area contributed by atoms with Gasteiger partial charge in [0.05, 0.1) is 26.8 Å². The van der Waals surface area contributed by atoms with Gasteiger partial charge in [-0.15, -0.1) is 27.0 Å². The molecule has 1 aromatic carbocycles. The Hall–Kier alpha value is -3.70. The van der Waals surface area contributed by atoms with Crippen LogP contribution in [0, 0.1) is 22.7 Å². The molecule has 0 saturated carbocycles. The van der Waals surface area contributed by atoms with E-state index in [-0.39, 0.29) is 28.7 Å². The number of fused-ring (bicyclic) bond motifs is 3. The fourth-order valence-corrected chi connectivity index (χ4v) is 10.8. The molecule has 3 atom stereocenters. The number of nitriles is 2. The summed E-state index contributed by atoms with van der Waals surface area (Å²) in [6.45, 7) is 4.12. The Morgan fingerprint density at radius 2 is 2.02 bits per heavy atom. The molecule has 4 aliphatic heterocycles. The van der Waals surface area contributed by atoms with Crippen molar-refractivity contribution in [2.45, 2.75) is 59.3 Å². The Morgan fingerprint density at radius 1 is 1.26 bits per heavy atom. The lowest BCUT2D eigenvalue weighted by Gasteiger charge is -2.48. The largest absolute Gasteiger partial charge is 0.461 e. The van der Waals surface area contributed by atoms with Gasteiger partial charge in [0.1, 0.15) is 35.5 Å². The van der Waals surface area contributed by atoms with Crippen molar-refractivity contribution in [3.05, 3.63) is 51.4 Å². The summed E-state index contributed by atoms with van der Waals surface area (Å²) in [7, 11) is -3.22. The van der Waals surface area contributed by atoms with Gasteiger partial charge in [-0.2, -0.15) is 28.9 Å². The summed E-state index contributed by atoms with van der Waals surface area (Å²) in [5.41, 5.74) is 7.88. The number of ether oxygens (including phenoxy) is 1. The second kappa shape index (κ2) is 11.5. The van der Waals surface area contributed by atoms with Crippen LogP contribution in [-0.2, 0) is 20.7 Å². The van der Waals surface area contributed by atoms with Crippen LogP contribution in [0.25, 0.3) is 0 Å². The number of halogens is 2. The molecule has 16 heteroatoms. The van der Waals surface area contributed by atoms with Crippen LogP contribution in [-0.4, -0.2) is 74.8 Å². The summed E-state index contributed by atoms with van der Waals surface area (Å²) < 4.78 is 57.5. The second-order valence-corrected chi connectivity index (χ2v) is 16.5. The van der Waals surface area contributed by atoms with Crippen LogP contribution in [0.1, 0.15) is 59.4 Å². The van der Waals surface area contributed by atoms with Crippen molar-refractivity contribution in [2.75, 3.05) is 55.4 Å². The number of nitrogen functional groups attached to an aromatic ring is 1. The predicted molar refractivity (Wildman–Crippen MR) is 175 cm³/mol. The predicted octanol–water partition coefficient (Wildman–Crippen LogP) is 4.64. The lowest BCUT2D eigenvalue weighted by molar-refractivity contribution is 0.107. The molecule has 11 nitrogen and oxygen atoms in total. The minimum atomic E-state index is -4.93. The molecular weight excluding hydrogens is 667 g/mol. The van der Waals surface area contributed by atoms with Crippen molar-refractivity contribution in [1.29, 1.82) is 10.5 Å². The van der Waals surface area contributed by atoms with Gasteiger partial charge in [-0.25, -0.2) is 4.39 Å². The van der Waals surface area contributed by atoms with E-state index in [9.17, 15) is 27.2 Å². The molecular formula is C31H32F2N8O3S3. The third-order valence-electron chi connectivity index (χ3n) is 9.98. The lowest BCUT2D eigenvalue weighted by atomic mass is 9.88. The highest BCUT2D eigenvalue weighted by Gasteiger charge is 2.54. The van der Waals surface area contributed by atoms with Gasteiger partial charge in [0.15, 0.2) is 11.6 Å². The standard InChI is InChI=1S/C31H32F2N8O3S3/c1-18(19-5-3-6-21(9-19)47(33,42)43)39(2)27-23(12-35)28(38-29(37-27)44-17-30-7-4-8-41(30)13-20(32)10-30)40-15-31(16-40)25-22(11-34)26(36)46-24(25)14-45-31/h3,5-6,9,18,20H,4,7-8,10,13-17,36H2,1-2H3/t18?,20-,30+/m1/s1. The number of anilines is 3. The van der Waals surface area contributed by atoms with E-state index in [1.807, 2.05) is 4.90 Å². The molecule has 4 aliphatic rings. The van der Waals surface area contributed by atoms with Crippen molar-refractivity contribution in [3.8, 4) is 18.1 Å². The van der Waals surface area contributed by atoms with Crippen LogP contribution in [0.5, 0.6) is 6.01 Å². The van der Waals surface area contributed by atoms with Crippen LogP contribution in [0.15, 0.2) is 29.2 Å². The zero-order valence-corrected chi connectivity index (χ0v) is 28.2. The summed E-state index contributed by atoms with van der Waals surface area (Å²) in [6.07, 6.45) is 1.18. The average molecular weight is 699 g/mol. The average Bonchev–Trinajstić information content (AvgIpc) is 3.75. The van der Waals surface area contributed by atoms with Crippen molar-refractivity contribution < 1.29 is 21.4 Å². The van der Waals surface area contributed by atoms with Crippen molar-refractivity contribution >= 4 is 50.0 Å². The van der Waals surface area contributed by atoms with Crippen molar-refractivity contribution in [2.24, 2.45) is 0 Å². The summed E-state index contributed by atoms with van der Waals surface area (Å²) in [5.74, 6) is 1.36. The van der Waals surface area contributed by atoms with Crippen LogP contribution >= 0.6 is 23.1 Å². The van der Waals surface area contributed by atoms with Gasteiger partial charge in [0, 0.05) is 49.3 Å². The maximum absolute atomic E-state index is 14.5. The Morgan fingerprint density at radius 3 is 2.74 bits per heavy atom. The molecule has 0 radical (unpaired) electrons. The molecule has 0 amide bonds. The molecule has 1 unspecified atom stereocenters. The highest BCUT2D eigenvalue weighted by atomic mass is 32.3. The molecule has 3 fully saturated rings. The summed E-state index contributed by atoms with van der Waals surface area (Å²) in [6, 6.07) is 9.63. The molecule has 1 spiro atoms. The van der Waals surface area contributed by atoms with Gasteiger partial charge in [0.25, 0.3) is 0 Å². The fourth-order valence-electron chi connectivity index (χ4n) is 7.48. The van der Waals surface area contributed by atoms with Crippen LogP contribution in [0.3, 0.4) is 0 Å². The number of rotatable bonds is 8. The molecule has 2 N–H and O–H groups in total. The summed E-state index contributed by atoms with van der Waals surface area (Å²) in [5, 5.41) is 20.9. The van der Waals surface area contributed by atoms with Gasteiger partial charge in [-0.1, -0.05) is 12.1 Å². The number of aromatic nitrogens is 2. The minimum absolute atomic E-state index is 0.0369. The normalized spacial score (nSPS) is 23.5. The number of thioether (sulfide) groups is 1. The summed E-state index contributed by atoms with van der Waals surface area (Å²) in [4.78, 5) is 15.9. The van der Waals surface area contributed by atoms with Crippen molar-refractivity contribution in [3.63, 3.8) is 0 Å². The Kier molecular flexibility index (Phi) is 7.78. The van der Waals surface area contributed by atoms with E-state index in [4.69, 9.17) is 15.5 Å². The Labute approximate surface area is 280 Å². The van der Waals surface area contributed by atoms with Crippen LogP contribution < -0.4 is 20.3 Å². The molecule has 0 bridgehead atoms. The lowest BCUT2D eigenvalue weighted by Crippen LogP contribution is -2.57. The molecule has 3 aromatic rings. The van der Waals surface area contributed by atoms with E-state index in [0.29, 0.717) is 48.0 Å². The first kappa shape index (κ1) is 31.9. The first-order chi connectivity index (χ1) is 22.4. The van der Waals surface area contributed by atoms with Gasteiger partial charge in [-0.3, -0.25) is 4.90 Å². The molecule has 0 aliphatic carbocycles. The quantitative estimate of drug-likeness (QED) is 0.326. The van der Waals surface area contributed by atoms with Gasteiger partial charge >= 0.3 is 16.2 Å². The number of nitrogens with zero attached hydrogens (tertiary/aromatic N) is 7. The molecule has 47 heavy (non-hydrogen) atoms. The van der Waals surface area contributed by atoms with E-state index < -0.39 is 32.9 Å². The van der Waals surface area contributed by atoms with E-state index in [2.05, 4.69) is 22.0 Å². The van der Waals surface area contributed by atoms with Crippen LogP contribution in [0.4, 0.5) is 24.9 Å². The zero-order valence-electron chi connectivity index (χ0n) is 25.7. The number of thiophene rings is 1. The zero-order chi connectivity index (χ0) is 33.3. The second-order valence-electron chi connectivity index (χ2n) is 12.7. The molecule has 6 heterocycles. The maximum Gasteiger partial charge on any atom is 0.332 e. The van der Waals surface area contributed by atoms with Crippen LogP contribution in [0.2, 0.25) is 0 Å². The Balaban J connectivity index is 1.25. The number of benzene rings is 1. The van der Waals surface area contributed by atoms with Crippen molar-refractivity contribution in [1.82, 2.24) is 14.9 Å². The fraction of sp³-hybridized carbons (Fsp3) is 0.484. The molecule has 3 saturated heterocycles. The number of hydrogen-bond donors (Lipinski definition) is 1. The number of nitrogens with two attached hydrogens (primary N) is 1. The number of hydrogen-bond acceptors (Lipinski definition) is 13. The molecule has 7 rings (SSSR count). The smallest absolute Gasteiger partial charge is 0.332 e.